The second kappa shape index (κ2) is 4.68. The molecular weight excluding hydrogens is 265 g/mol. The Morgan fingerprint density at radius 2 is 2.21 bits per heavy atom. The lowest BCUT2D eigenvalue weighted by Gasteiger charge is -2.11. The molecule has 0 aliphatic rings. The first-order chi connectivity index (χ1) is 6.60. The zero-order valence-electron chi connectivity index (χ0n) is 7.84. The molecular formula is C10H9BrClNO. The standard InChI is InChI=1S/C10H9BrClNO/c1-6(5-13)7-3-9(12)8(11)4-10(7)14-2/h3-4,6H,1-2H3. The maximum atomic E-state index is 8.81. The minimum atomic E-state index is -0.226. The predicted octanol–water partition coefficient (Wildman–Crippen LogP) is 3.74. The molecule has 0 bridgehead atoms. The zero-order valence-corrected chi connectivity index (χ0v) is 10.2. The maximum Gasteiger partial charge on any atom is 0.124 e. The first kappa shape index (κ1) is 11.4. The molecule has 0 fully saturated rings. The smallest absolute Gasteiger partial charge is 0.124 e. The van der Waals surface area contributed by atoms with Crippen LogP contribution in [0.4, 0.5) is 0 Å². The van der Waals surface area contributed by atoms with Crippen LogP contribution in [0.5, 0.6) is 5.75 Å². The average Bonchev–Trinajstić information content (AvgIpc) is 2.20. The van der Waals surface area contributed by atoms with Gasteiger partial charge in [-0.3, -0.25) is 0 Å². The fourth-order valence-electron chi connectivity index (χ4n) is 1.13. The molecule has 0 aliphatic carbocycles. The lowest BCUT2D eigenvalue weighted by Crippen LogP contribution is -1.95. The van der Waals surface area contributed by atoms with E-state index in [0.29, 0.717) is 10.8 Å². The molecule has 0 N–H and O–H groups in total. The molecule has 74 valence electrons. The molecule has 0 amide bonds. The maximum absolute atomic E-state index is 8.81. The fourth-order valence-corrected chi connectivity index (χ4v) is 1.62. The van der Waals surface area contributed by atoms with E-state index in [0.717, 1.165) is 10.0 Å². The average molecular weight is 275 g/mol. The van der Waals surface area contributed by atoms with Crippen LogP contribution in [0, 0.1) is 11.3 Å². The predicted molar refractivity (Wildman–Crippen MR) is 59.7 cm³/mol. The number of hydrogen-bond acceptors (Lipinski definition) is 2. The van der Waals surface area contributed by atoms with Gasteiger partial charge >= 0.3 is 0 Å². The zero-order chi connectivity index (χ0) is 10.7. The Kier molecular flexibility index (Phi) is 3.79. The van der Waals surface area contributed by atoms with E-state index >= 15 is 0 Å². The largest absolute Gasteiger partial charge is 0.496 e. The summed E-state index contributed by atoms with van der Waals surface area (Å²) in [5.41, 5.74) is 0.809. The van der Waals surface area contributed by atoms with Crippen LogP contribution in [0.1, 0.15) is 18.4 Å². The van der Waals surface area contributed by atoms with Crippen LogP contribution in [-0.2, 0) is 0 Å². The van der Waals surface area contributed by atoms with Crippen LogP contribution in [0.15, 0.2) is 16.6 Å². The number of halogens is 2. The lowest BCUT2D eigenvalue weighted by molar-refractivity contribution is 0.408. The Morgan fingerprint density at radius 3 is 2.71 bits per heavy atom. The Hall–Kier alpha value is -0.720. The van der Waals surface area contributed by atoms with Crippen LogP contribution in [-0.4, -0.2) is 7.11 Å². The number of ether oxygens (including phenoxy) is 1. The summed E-state index contributed by atoms with van der Waals surface area (Å²) in [5, 5.41) is 9.39. The summed E-state index contributed by atoms with van der Waals surface area (Å²) in [6.45, 7) is 1.81. The Balaban J connectivity index is 3.28. The van der Waals surface area contributed by atoms with Gasteiger partial charge in [0, 0.05) is 10.0 Å². The summed E-state index contributed by atoms with van der Waals surface area (Å²) in [6, 6.07) is 5.67. The van der Waals surface area contributed by atoms with Crippen molar-refractivity contribution in [1.82, 2.24) is 0 Å². The second-order valence-corrected chi connectivity index (χ2v) is 4.12. The van der Waals surface area contributed by atoms with E-state index in [4.69, 9.17) is 21.6 Å². The SMILES string of the molecule is COc1cc(Br)c(Cl)cc1C(C)C#N. The van der Waals surface area contributed by atoms with Gasteiger partial charge in [-0.1, -0.05) is 11.6 Å². The van der Waals surface area contributed by atoms with Crippen molar-refractivity contribution in [3.05, 3.63) is 27.2 Å². The van der Waals surface area contributed by atoms with Crippen LogP contribution >= 0.6 is 27.5 Å². The molecule has 1 unspecified atom stereocenters. The molecule has 1 rings (SSSR count). The molecule has 0 radical (unpaired) electrons. The van der Waals surface area contributed by atoms with E-state index in [2.05, 4.69) is 22.0 Å². The van der Waals surface area contributed by atoms with Crippen molar-refractivity contribution in [2.24, 2.45) is 0 Å². The topological polar surface area (TPSA) is 33.0 Å². The molecule has 1 aromatic carbocycles. The first-order valence-electron chi connectivity index (χ1n) is 4.02. The summed E-state index contributed by atoms with van der Waals surface area (Å²) >= 11 is 9.23. The summed E-state index contributed by atoms with van der Waals surface area (Å²) in [4.78, 5) is 0. The molecule has 1 aromatic rings. The highest BCUT2D eigenvalue weighted by Crippen LogP contribution is 2.34. The van der Waals surface area contributed by atoms with Gasteiger partial charge in [-0.15, -0.1) is 0 Å². The Labute approximate surface area is 96.6 Å². The third-order valence-corrected chi connectivity index (χ3v) is 3.13. The van der Waals surface area contributed by atoms with Gasteiger partial charge in [0.15, 0.2) is 0 Å². The van der Waals surface area contributed by atoms with Crippen molar-refractivity contribution in [3.63, 3.8) is 0 Å². The molecule has 0 saturated carbocycles. The minimum absolute atomic E-state index is 0.226. The van der Waals surface area contributed by atoms with Crippen molar-refractivity contribution in [1.29, 1.82) is 5.26 Å². The van der Waals surface area contributed by atoms with E-state index in [9.17, 15) is 0 Å². The molecule has 0 aromatic heterocycles. The molecule has 4 heteroatoms. The number of benzene rings is 1. The summed E-state index contributed by atoms with van der Waals surface area (Å²) in [5.74, 6) is 0.450. The Bertz CT molecular complexity index is 386. The monoisotopic (exact) mass is 273 g/mol. The fraction of sp³-hybridized carbons (Fsp3) is 0.300. The lowest BCUT2D eigenvalue weighted by atomic mass is 10.0. The highest BCUT2D eigenvalue weighted by Gasteiger charge is 2.13. The van der Waals surface area contributed by atoms with Gasteiger partial charge in [0.25, 0.3) is 0 Å². The van der Waals surface area contributed by atoms with Crippen LogP contribution in [0.3, 0.4) is 0 Å². The third kappa shape index (κ3) is 2.20. The van der Waals surface area contributed by atoms with Crippen molar-refractivity contribution >= 4 is 27.5 Å². The van der Waals surface area contributed by atoms with Gasteiger partial charge in [-0.25, -0.2) is 0 Å². The molecule has 0 heterocycles. The molecule has 1 atom stereocenters. The molecule has 0 spiro atoms. The van der Waals surface area contributed by atoms with Gasteiger partial charge in [0.1, 0.15) is 5.75 Å². The van der Waals surface area contributed by atoms with Gasteiger partial charge in [-0.2, -0.15) is 5.26 Å². The number of nitriles is 1. The normalized spacial score (nSPS) is 11.9. The van der Waals surface area contributed by atoms with Gasteiger partial charge in [0.05, 0.1) is 24.1 Å². The van der Waals surface area contributed by atoms with Gasteiger partial charge in [-0.05, 0) is 35.0 Å². The summed E-state index contributed by atoms with van der Waals surface area (Å²) in [6.07, 6.45) is 0. The van der Waals surface area contributed by atoms with Gasteiger partial charge in [0.2, 0.25) is 0 Å². The molecule has 14 heavy (non-hydrogen) atoms. The van der Waals surface area contributed by atoms with Crippen LogP contribution in [0.25, 0.3) is 0 Å². The molecule has 2 nitrogen and oxygen atoms in total. The van der Waals surface area contributed by atoms with E-state index in [1.807, 2.05) is 6.92 Å². The molecule has 0 aliphatic heterocycles. The van der Waals surface area contributed by atoms with Gasteiger partial charge < -0.3 is 4.74 Å². The van der Waals surface area contributed by atoms with Crippen LogP contribution in [0.2, 0.25) is 5.02 Å². The number of nitrogens with zero attached hydrogens (tertiary/aromatic N) is 1. The third-order valence-electron chi connectivity index (χ3n) is 1.93. The quantitative estimate of drug-likeness (QED) is 0.823. The highest BCUT2D eigenvalue weighted by molar-refractivity contribution is 9.10. The van der Waals surface area contributed by atoms with Crippen molar-refractivity contribution in [2.75, 3.05) is 7.11 Å². The van der Waals surface area contributed by atoms with E-state index < -0.39 is 0 Å². The number of rotatable bonds is 2. The molecule has 0 saturated heterocycles. The summed E-state index contributed by atoms with van der Waals surface area (Å²) in [7, 11) is 1.57. The number of hydrogen-bond donors (Lipinski definition) is 0. The minimum Gasteiger partial charge on any atom is -0.496 e. The van der Waals surface area contributed by atoms with Crippen molar-refractivity contribution in [3.8, 4) is 11.8 Å². The summed E-state index contributed by atoms with van der Waals surface area (Å²) < 4.78 is 5.93. The van der Waals surface area contributed by atoms with E-state index in [1.54, 1.807) is 19.2 Å². The second-order valence-electron chi connectivity index (χ2n) is 2.86. The van der Waals surface area contributed by atoms with Crippen molar-refractivity contribution < 1.29 is 4.74 Å². The Morgan fingerprint density at radius 1 is 1.57 bits per heavy atom. The van der Waals surface area contributed by atoms with Crippen LogP contribution < -0.4 is 4.74 Å². The number of methoxy groups -OCH3 is 1. The van der Waals surface area contributed by atoms with E-state index in [1.165, 1.54) is 0 Å². The van der Waals surface area contributed by atoms with E-state index in [-0.39, 0.29) is 5.92 Å². The first-order valence-corrected chi connectivity index (χ1v) is 5.19. The highest BCUT2D eigenvalue weighted by atomic mass is 79.9. The van der Waals surface area contributed by atoms with Crippen molar-refractivity contribution in [2.45, 2.75) is 12.8 Å².